The molecule has 1 aliphatic heterocycles. The summed E-state index contributed by atoms with van der Waals surface area (Å²) < 4.78 is 25.1. The minimum atomic E-state index is -1.07. The third-order valence-electron chi connectivity index (χ3n) is 4.55. The van der Waals surface area contributed by atoms with Crippen LogP contribution in [-0.2, 0) is 9.39 Å². The molecule has 1 fully saturated rings. The third kappa shape index (κ3) is 3.88. The number of ether oxygens (including phenoxy) is 1. The molecule has 3 N–H and O–H groups in total. The van der Waals surface area contributed by atoms with Crippen molar-refractivity contribution in [3.8, 4) is 0 Å². The predicted molar refractivity (Wildman–Crippen MR) is 91.3 cm³/mol. The van der Waals surface area contributed by atoms with Crippen LogP contribution in [0.25, 0.3) is 0 Å². The summed E-state index contributed by atoms with van der Waals surface area (Å²) in [6.45, 7) is 7.29. The standard InChI is InChI=1S/C16H24BFN2O4/c1-15(2,22)16(3,4)24-17-12-6-5-10(7-13(12)18)20-9-11(8-19)23-14(20)21/h5-7,11,17,22H,8-9,19H2,1-4H3/t11-/m0/s1. The van der Waals surface area contributed by atoms with E-state index in [0.717, 1.165) is 0 Å². The summed E-state index contributed by atoms with van der Waals surface area (Å²) in [6, 6.07) is 4.48. The number of hydrogen-bond donors (Lipinski definition) is 2. The molecule has 0 radical (unpaired) electrons. The summed E-state index contributed by atoms with van der Waals surface area (Å²) in [5.41, 5.74) is 4.34. The molecule has 0 aliphatic carbocycles. The maximum Gasteiger partial charge on any atom is 0.414 e. The molecular weight excluding hydrogens is 314 g/mol. The lowest BCUT2D eigenvalue weighted by Gasteiger charge is -2.37. The molecule has 1 aromatic rings. The molecule has 8 heteroatoms. The van der Waals surface area contributed by atoms with Crippen molar-refractivity contribution in [2.24, 2.45) is 5.73 Å². The number of anilines is 1. The molecule has 1 saturated heterocycles. The lowest BCUT2D eigenvalue weighted by molar-refractivity contribution is -0.0893. The lowest BCUT2D eigenvalue weighted by atomic mass is 9.82. The Balaban J connectivity index is 2.09. The highest BCUT2D eigenvalue weighted by molar-refractivity contribution is 6.47. The SMILES string of the molecule is CC(C)(O)C(C)(C)OBc1ccc(N2C[C@H](CN)OC2=O)cc1F. The van der Waals surface area contributed by atoms with Crippen molar-refractivity contribution >= 4 is 24.7 Å². The first-order valence-electron chi connectivity index (χ1n) is 7.88. The van der Waals surface area contributed by atoms with Gasteiger partial charge >= 0.3 is 13.6 Å². The van der Waals surface area contributed by atoms with Gasteiger partial charge in [-0.3, -0.25) is 4.90 Å². The Kier molecular flexibility index (Phi) is 5.22. The van der Waals surface area contributed by atoms with Crippen molar-refractivity contribution in [1.82, 2.24) is 0 Å². The first-order chi connectivity index (χ1) is 11.0. The first kappa shape index (κ1) is 18.7. The maximum absolute atomic E-state index is 14.3. The van der Waals surface area contributed by atoms with Gasteiger partial charge in [0.15, 0.2) is 0 Å². The summed E-state index contributed by atoms with van der Waals surface area (Å²) in [5, 5.41) is 10.1. The smallest absolute Gasteiger partial charge is 0.414 e. The summed E-state index contributed by atoms with van der Waals surface area (Å²) in [4.78, 5) is 13.1. The summed E-state index contributed by atoms with van der Waals surface area (Å²) in [5.74, 6) is -0.483. The molecule has 132 valence electrons. The number of nitrogens with zero attached hydrogens (tertiary/aromatic N) is 1. The molecule has 0 bridgehead atoms. The van der Waals surface area contributed by atoms with Gasteiger partial charge in [0, 0.05) is 6.54 Å². The Bertz CT molecular complexity index is 619. The largest absolute Gasteiger partial charge is 0.443 e. The fraction of sp³-hybridized carbons (Fsp3) is 0.562. The topological polar surface area (TPSA) is 85.0 Å². The van der Waals surface area contributed by atoms with Crippen LogP contribution in [0.4, 0.5) is 14.9 Å². The molecule has 1 aromatic carbocycles. The molecule has 1 atom stereocenters. The van der Waals surface area contributed by atoms with E-state index in [9.17, 15) is 14.3 Å². The van der Waals surface area contributed by atoms with Gasteiger partial charge in [0.1, 0.15) is 11.9 Å². The maximum atomic E-state index is 14.3. The average molecular weight is 338 g/mol. The van der Waals surface area contributed by atoms with Gasteiger partial charge in [-0.2, -0.15) is 0 Å². The minimum Gasteiger partial charge on any atom is -0.443 e. The van der Waals surface area contributed by atoms with E-state index in [1.165, 1.54) is 11.0 Å². The summed E-state index contributed by atoms with van der Waals surface area (Å²) >= 11 is 0. The molecule has 1 heterocycles. The normalized spacial score (nSPS) is 18.7. The fourth-order valence-electron chi connectivity index (χ4n) is 2.11. The number of carbonyl (C=O) groups excluding carboxylic acids is 1. The number of cyclic esters (lactones) is 1. The van der Waals surface area contributed by atoms with Crippen molar-refractivity contribution in [2.45, 2.75) is 45.0 Å². The number of carbonyl (C=O) groups is 1. The van der Waals surface area contributed by atoms with Crippen LogP contribution in [0.2, 0.25) is 0 Å². The molecule has 0 unspecified atom stereocenters. The van der Waals surface area contributed by atoms with Gasteiger partial charge in [0.05, 0.1) is 23.4 Å². The second-order valence-corrected chi connectivity index (χ2v) is 6.99. The van der Waals surface area contributed by atoms with Crippen molar-refractivity contribution in [2.75, 3.05) is 18.0 Å². The van der Waals surface area contributed by atoms with Gasteiger partial charge < -0.3 is 20.2 Å². The number of aliphatic hydroxyl groups is 1. The van der Waals surface area contributed by atoms with Crippen LogP contribution in [0.5, 0.6) is 0 Å². The van der Waals surface area contributed by atoms with E-state index in [1.54, 1.807) is 39.8 Å². The molecule has 1 amide bonds. The van der Waals surface area contributed by atoms with Crippen LogP contribution >= 0.6 is 0 Å². The van der Waals surface area contributed by atoms with E-state index in [4.69, 9.17) is 15.1 Å². The van der Waals surface area contributed by atoms with Gasteiger partial charge in [-0.05, 0) is 45.3 Å². The van der Waals surface area contributed by atoms with Crippen LogP contribution in [-0.4, -0.2) is 49.1 Å². The van der Waals surface area contributed by atoms with Crippen molar-refractivity contribution in [1.29, 1.82) is 0 Å². The highest BCUT2D eigenvalue weighted by Gasteiger charge is 2.36. The number of hydrogen-bond acceptors (Lipinski definition) is 5. The molecule has 0 saturated carbocycles. The van der Waals surface area contributed by atoms with Crippen molar-refractivity contribution in [3.63, 3.8) is 0 Å². The second-order valence-electron chi connectivity index (χ2n) is 6.99. The zero-order valence-electron chi connectivity index (χ0n) is 14.5. The van der Waals surface area contributed by atoms with E-state index in [-0.39, 0.29) is 20.1 Å². The molecule has 24 heavy (non-hydrogen) atoms. The van der Waals surface area contributed by atoms with Crippen molar-refractivity contribution < 1.29 is 23.7 Å². The Morgan fingerprint density at radius 3 is 2.62 bits per heavy atom. The van der Waals surface area contributed by atoms with Gasteiger partial charge in [0.25, 0.3) is 0 Å². The molecule has 1 aliphatic rings. The summed E-state index contributed by atoms with van der Waals surface area (Å²) in [6.07, 6.45) is -0.909. The molecule has 2 rings (SSSR count). The van der Waals surface area contributed by atoms with Crippen molar-refractivity contribution in [3.05, 3.63) is 24.0 Å². The monoisotopic (exact) mass is 338 g/mol. The average Bonchev–Trinajstić information content (AvgIpc) is 2.86. The minimum absolute atomic E-state index is 0.0129. The Morgan fingerprint density at radius 2 is 2.12 bits per heavy atom. The van der Waals surface area contributed by atoms with Crippen LogP contribution in [0, 0.1) is 5.82 Å². The van der Waals surface area contributed by atoms with Crippen LogP contribution in [0.3, 0.4) is 0 Å². The van der Waals surface area contributed by atoms with Crippen LogP contribution in [0.15, 0.2) is 18.2 Å². The number of benzene rings is 1. The second kappa shape index (κ2) is 6.70. The number of nitrogens with two attached hydrogens (primary N) is 1. The van der Waals surface area contributed by atoms with Gasteiger partial charge in [0.2, 0.25) is 0 Å². The Morgan fingerprint density at radius 1 is 1.46 bits per heavy atom. The lowest BCUT2D eigenvalue weighted by Crippen LogP contribution is -2.49. The van der Waals surface area contributed by atoms with Gasteiger partial charge in [-0.1, -0.05) is 6.07 Å². The van der Waals surface area contributed by atoms with Crippen LogP contribution in [0.1, 0.15) is 27.7 Å². The van der Waals surface area contributed by atoms with Gasteiger partial charge in [-0.15, -0.1) is 0 Å². The van der Waals surface area contributed by atoms with E-state index in [0.29, 0.717) is 17.7 Å². The Labute approximate surface area is 142 Å². The third-order valence-corrected chi connectivity index (χ3v) is 4.55. The summed E-state index contributed by atoms with van der Waals surface area (Å²) in [7, 11) is 0.0129. The van der Waals surface area contributed by atoms with E-state index >= 15 is 0 Å². The quantitative estimate of drug-likeness (QED) is 0.744. The molecule has 0 spiro atoms. The van der Waals surface area contributed by atoms with E-state index in [1.807, 2.05) is 0 Å². The highest BCUT2D eigenvalue weighted by Crippen LogP contribution is 2.25. The highest BCUT2D eigenvalue weighted by atomic mass is 19.1. The van der Waals surface area contributed by atoms with Crippen LogP contribution < -0.4 is 16.1 Å². The van der Waals surface area contributed by atoms with Gasteiger partial charge in [-0.25, -0.2) is 9.18 Å². The number of amides is 1. The zero-order valence-corrected chi connectivity index (χ0v) is 14.5. The number of rotatable bonds is 6. The fourth-order valence-corrected chi connectivity index (χ4v) is 2.11. The predicted octanol–water partition coefficient (Wildman–Crippen LogP) is 0.652. The van der Waals surface area contributed by atoms with E-state index in [2.05, 4.69) is 0 Å². The molecule has 6 nitrogen and oxygen atoms in total. The van der Waals surface area contributed by atoms with E-state index < -0.39 is 23.1 Å². The molecule has 0 aromatic heterocycles. The molecular formula is C16H24BFN2O4. The first-order valence-corrected chi connectivity index (χ1v) is 7.88. The Hall–Kier alpha value is -1.64. The zero-order chi connectivity index (χ0) is 18.1. The number of halogens is 1.